The highest BCUT2D eigenvalue weighted by molar-refractivity contribution is 5.87. The molecule has 0 fully saturated rings. The minimum Gasteiger partial charge on any atom is -0.355 e. The quantitative estimate of drug-likeness (QED) is 0.257. The molecule has 6 aromatic rings. The van der Waals surface area contributed by atoms with Gasteiger partial charge < -0.3 is 10.6 Å². The smallest absolute Gasteiger partial charge is 0.0411 e. The minimum absolute atomic E-state index is 1.03. The molecule has 0 aliphatic rings. The molecule has 36 heavy (non-hydrogen) atoms. The molecule has 2 N–H and O–H groups in total. The first-order valence-corrected chi connectivity index (χ1v) is 12.2. The van der Waals surface area contributed by atoms with Gasteiger partial charge in [-0.25, -0.2) is 0 Å². The zero-order valence-corrected chi connectivity index (χ0v) is 19.9. The van der Waals surface area contributed by atoms with E-state index < -0.39 is 0 Å². The molecule has 0 heterocycles. The van der Waals surface area contributed by atoms with E-state index in [0.717, 1.165) is 28.3 Å². The van der Waals surface area contributed by atoms with Crippen LogP contribution in [0.25, 0.3) is 33.0 Å². The van der Waals surface area contributed by atoms with Gasteiger partial charge >= 0.3 is 0 Å². The van der Waals surface area contributed by atoms with Crippen molar-refractivity contribution in [1.82, 2.24) is 0 Å². The highest BCUT2D eigenvalue weighted by atomic mass is 14.9. The lowest BCUT2D eigenvalue weighted by Gasteiger charge is -2.15. The first-order valence-electron chi connectivity index (χ1n) is 12.2. The summed E-state index contributed by atoms with van der Waals surface area (Å²) < 4.78 is 0. The number of anilines is 4. The summed E-state index contributed by atoms with van der Waals surface area (Å²) in [6.45, 7) is 0. The second-order valence-electron chi connectivity index (χ2n) is 8.92. The van der Waals surface area contributed by atoms with Crippen molar-refractivity contribution in [2.45, 2.75) is 0 Å². The number of fused-ring (bicyclic) bond motifs is 1. The number of hydrogen-bond donors (Lipinski definition) is 2. The predicted molar refractivity (Wildman–Crippen MR) is 154 cm³/mol. The molecule has 0 saturated carbocycles. The zero-order chi connectivity index (χ0) is 24.2. The molecule has 0 amide bonds. The maximum atomic E-state index is 3.64. The summed E-state index contributed by atoms with van der Waals surface area (Å²) in [5.74, 6) is 0. The molecule has 0 bridgehead atoms. The Kier molecular flexibility index (Phi) is 5.91. The van der Waals surface area contributed by atoms with Crippen LogP contribution in [0.1, 0.15) is 0 Å². The van der Waals surface area contributed by atoms with E-state index in [2.05, 4.69) is 150 Å². The third-order valence-electron chi connectivity index (χ3n) is 6.34. The Bertz CT molecular complexity index is 1620. The van der Waals surface area contributed by atoms with Crippen molar-refractivity contribution in [3.8, 4) is 22.3 Å². The van der Waals surface area contributed by atoms with Crippen LogP contribution in [0.5, 0.6) is 0 Å². The first kappa shape index (κ1) is 21.7. The van der Waals surface area contributed by atoms with Crippen LogP contribution < -0.4 is 10.6 Å². The van der Waals surface area contributed by atoms with Crippen LogP contribution >= 0.6 is 0 Å². The molecule has 0 radical (unpaired) electrons. The summed E-state index contributed by atoms with van der Waals surface area (Å²) in [6, 6.07) is 51.0. The molecule has 6 rings (SSSR count). The van der Waals surface area contributed by atoms with E-state index in [1.165, 1.54) is 27.5 Å². The Morgan fingerprint density at radius 2 is 0.806 bits per heavy atom. The molecule has 0 aromatic heterocycles. The summed E-state index contributed by atoms with van der Waals surface area (Å²) in [7, 11) is 0. The third kappa shape index (κ3) is 4.84. The van der Waals surface area contributed by atoms with Gasteiger partial charge in [0.25, 0.3) is 0 Å². The van der Waals surface area contributed by atoms with Gasteiger partial charge in [-0.2, -0.15) is 0 Å². The Labute approximate surface area is 211 Å². The minimum atomic E-state index is 1.03. The fourth-order valence-corrected chi connectivity index (χ4v) is 4.58. The van der Waals surface area contributed by atoms with Crippen LogP contribution in [0.2, 0.25) is 0 Å². The monoisotopic (exact) mass is 462 g/mol. The number of hydrogen-bond acceptors (Lipinski definition) is 2. The average molecular weight is 463 g/mol. The molecule has 0 unspecified atom stereocenters. The van der Waals surface area contributed by atoms with Crippen molar-refractivity contribution in [3.05, 3.63) is 146 Å². The van der Waals surface area contributed by atoms with E-state index in [-0.39, 0.29) is 0 Å². The highest BCUT2D eigenvalue weighted by Gasteiger charge is 2.07. The van der Waals surface area contributed by atoms with E-state index in [1.54, 1.807) is 0 Å². The van der Waals surface area contributed by atoms with Gasteiger partial charge in [0, 0.05) is 22.7 Å². The molecule has 172 valence electrons. The normalized spacial score (nSPS) is 10.8. The second kappa shape index (κ2) is 9.81. The fraction of sp³-hybridized carbons (Fsp3) is 0. The molecule has 0 atom stereocenters. The lowest BCUT2D eigenvalue weighted by molar-refractivity contribution is 1.51. The van der Waals surface area contributed by atoms with Crippen LogP contribution in [-0.4, -0.2) is 0 Å². The topological polar surface area (TPSA) is 24.1 Å². The van der Waals surface area contributed by atoms with Crippen LogP contribution in [0.4, 0.5) is 22.7 Å². The van der Waals surface area contributed by atoms with Crippen LogP contribution in [0, 0.1) is 0 Å². The van der Waals surface area contributed by atoms with Gasteiger partial charge in [0.05, 0.1) is 0 Å². The SMILES string of the molecule is c1ccc(-c2cccc(Nc3cc(Nc4ccc5ccccc5c4)cc(-c4ccccc4)c3)c2)cc1. The highest BCUT2D eigenvalue weighted by Crippen LogP contribution is 2.32. The average Bonchev–Trinajstić information content (AvgIpc) is 2.94. The van der Waals surface area contributed by atoms with Gasteiger partial charge in [-0.05, 0) is 75.5 Å². The zero-order valence-electron chi connectivity index (χ0n) is 19.9. The van der Waals surface area contributed by atoms with Crippen molar-refractivity contribution in [3.63, 3.8) is 0 Å². The predicted octanol–water partition coefficient (Wildman–Crippen LogP) is 9.66. The Morgan fingerprint density at radius 3 is 1.50 bits per heavy atom. The van der Waals surface area contributed by atoms with Gasteiger partial charge in [-0.3, -0.25) is 0 Å². The van der Waals surface area contributed by atoms with Crippen molar-refractivity contribution in [1.29, 1.82) is 0 Å². The Balaban J connectivity index is 1.36. The van der Waals surface area contributed by atoms with Crippen molar-refractivity contribution < 1.29 is 0 Å². The molecular formula is C34H26N2. The molecule has 6 aromatic carbocycles. The molecule has 2 nitrogen and oxygen atoms in total. The summed E-state index contributed by atoms with van der Waals surface area (Å²) >= 11 is 0. The summed E-state index contributed by atoms with van der Waals surface area (Å²) in [4.78, 5) is 0. The van der Waals surface area contributed by atoms with Gasteiger partial charge in [0.1, 0.15) is 0 Å². The van der Waals surface area contributed by atoms with E-state index in [4.69, 9.17) is 0 Å². The van der Waals surface area contributed by atoms with Crippen LogP contribution in [0.3, 0.4) is 0 Å². The standard InChI is InChI=1S/C34H26N2/c1-3-10-25(11-4-1)29-16-9-17-31(20-29)35-33-22-30(26-12-5-2-6-13-26)23-34(24-33)36-32-19-18-27-14-7-8-15-28(27)21-32/h1-24,35-36H. The lowest BCUT2D eigenvalue weighted by atomic mass is 10.0. The van der Waals surface area contributed by atoms with Gasteiger partial charge in [0.15, 0.2) is 0 Å². The summed E-state index contributed by atoms with van der Waals surface area (Å²) in [5.41, 5.74) is 8.92. The number of nitrogens with one attached hydrogen (secondary N) is 2. The summed E-state index contributed by atoms with van der Waals surface area (Å²) in [6.07, 6.45) is 0. The lowest BCUT2D eigenvalue weighted by Crippen LogP contribution is -1.96. The number of benzene rings is 6. The fourth-order valence-electron chi connectivity index (χ4n) is 4.58. The largest absolute Gasteiger partial charge is 0.355 e. The van der Waals surface area contributed by atoms with Crippen molar-refractivity contribution in [2.75, 3.05) is 10.6 Å². The van der Waals surface area contributed by atoms with Crippen molar-refractivity contribution in [2.24, 2.45) is 0 Å². The van der Waals surface area contributed by atoms with Gasteiger partial charge in [-0.15, -0.1) is 0 Å². The molecule has 0 aliphatic heterocycles. The van der Waals surface area contributed by atoms with E-state index in [0.29, 0.717) is 0 Å². The first-order chi connectivity index (χ1) is 17.8. The number of rotatable bonds is 6. The maximum Gasteiger partial charge on any atom is 0.0411 e. The molecule has 0 spiro atoms. The second-order valence-corrected chi connectivity index (χ2v) is 8.92. The Hall–Kier alpha value is -4.82. The summed E-state index contributed by atoms with van der Waals surface area (Å²) in [5, 5.41) is 9.73. The molecule has 0 aliphatic carbocycles. The van der Waals surface area contributed by atoms with Crippen LogP contribution in [-0.2, 0) is 0 Å². The van der Waals surface area contributed by atoms with E-state index >= 15 is 0 Å². The van der Waals surface area contributed by atoms with E-state index in [9.17, 15) is 0 Å². The molecule has 2 heteroatoms. The van der Waals surface area contributed by atoms with Gasteiger partial charge in [0.2, 0.25) is 0 Å². The maximum absolute atomic E-state index is 3.64. The Morgan fingerprint density at radius 1 is 0.278 bits per heavy atom. The molecular weight excluding hydrogens is 436 g/mol. The van der Waals surface area contributed by atoms with Crippen LogP contribution in [0.15, 0.2) is 146 Å². The molecule has 0 saturated heterocycles. The van der Waals surface area contributed by atoms with Crippen molar-refractivity contribution >= 4 is 33.5 Å². The van der Waals surface area contributed by atoms with E-state index in [1.807, 2.05) is 6.07 Å². The van der Waals surface area contributed by atoms with Gasteiger partial charge in [-0.1, -0.05) is 103 Å². The third-order valence-corrected chi connectivity index (χ3v) is 6.34.